The average Bonchev–Trinajstić information content (AvgIpc) is 2.40. The lowest BCUT2D eigenvalue weighted by atomic mass is 9.51. The molecule has 2 saturated carbocycles. The SMILES string of the molecule is CCOC1CC(NCc2ccccc2CC)C12CCC2. The van der Waals surface area contributed by atoms with E-state index in [-0.39, 0.29) is 0 Å². The fourth-order valence-electron chi connectivity index (χ4n) is 4.03. The van der Waals surface area contributed by atoms with Crippen molar-refractivity contribution >= 4 is 0 Å². The Morgan fingerprint density at radius 3 is 2.55 bits per heavy atom. The first-order chi connectivity index (χ1) is 9.80. The topological polar surface area (TPSA) is 21.3 Å². The van der Waals surface area contributed by atoms with Crippen molar-refractivity contribution in [1.29, 1.82) is 0 Å². The first-order valence-electron chi connectivity index (χ1n) is 8.22. The fraction of sp³-hybridized carbons (Fsp3) is 0.667. The molecule has 3 rings (SSSR count). The monoisotopic (exact) mass is 273 g/mol. The molecule has 2 heteroatoms. The Labute approximate surface area is 122 Å². The molecule has 110 valence electrons. The van der Waals surface area contributed by atoms with Gasteiger partial charge in [0.15, 0.2) is 0 Å². The van der Waals surface area contributed by atoms with Crippen molar-refractivity contribution in [2.24, 2.45) is 5.41 Å². The van der Waals surface area contributed by atoms with E-state index in [1.54, 1.807) is 0 Å². The van der Waals surface area contributed by atoms with Gasteiger partial charge in [-0.1, -0.05) is 37.6 Å². The summed E-state index contributed by atoms with van der Waals surface area (Å²) in [6, 6.07) is 9.47. The molecule has 0 heterocycles. The Bertz CT molecular complexity index is 452. The maximum Gasteiger partial charge on any atom is 0.0661 e. The van der Waals surface area contributed by atoms with Crippen molar-refractivity contribution in [3.63, 3.8) is 0 Å². The van der Waals surface area contributed by atoms with Crippen molar-refractivity contribution in [2.75, 3.05) is 6.61 Å². The maximum absolute atomic E-state index is 5.92. The van der Waals surface area contributed by atoms with Gasteiger partial charge in [-0.25, -0.2) is 0 Å². The highest BCUT2D eigenvalue weighted by atomic mass is 16.5. The standard InChI is InChI=1S/C18H27NO/c1-3-14-8-5-6-9-15(14)13-19-16-12-17(20-4-2)18(16)10-7-11-18/h5-6,8-9,16-17,19H,3-4,7,10-13H2,1-2H3. The molecule has 1 aromatic rings. The molecule has 20 heavy (non-hydrogen) atoms. The van der Waals surface area contributed by atoms with Gasteiger partial charge in [0, 0.05) is 24.6 Å². The Kier molecular flexibility index (Phi) is 4.13. The number of ether oxygens (including phenoxy) is 1. The van der Waals surface area contributed by atoms with Crippen molar-refractivity contribution in [1.82, 2.24) is 5.32 Å². The average molecular weight is 273 g/mol. The third-order valence-electron chi connectivity index (χ3n) is 5.48. The Morgan fingerprint density at radius 1 is 1.20 bits per heavy atom. The summed E-state index contributed by atoms with van der Waals surface area (Å²) >= 11 is 0. The van der Waals surface area contributed by atoms with Crippen molar-refractivity contribution < 1.29 is 4.74 Å². The summed E-state index contributed by atoms with van der Waals surface area (Å²) in [5, 5.41) is 3.81. The smallest absolute Gasteiger partial charge is 0.0661 e. The molecule has 2 aliphatic rings. The summed E-state index contributed by atoms with van der Waals surface area (Å²) in [6.07, 6.45) is 6.92. The second kappa shape index (κ2) is 5.87. The van der Waals surface area contributed by atoms with Gasteiger partial charge < -0.3 is 10.1 Å². The first kappa shape index (κ1) is 14.1. The summed E-state index contributed by atoms with van der Waals surface area (Å²) in [5.74, 6) is 0. The van der Waals surface area contributed by atoms with Gasteiger partial charge in [0.2, 0.25) is 0 Å². The Morgan fingerprint density at radius 2 is 1.95 bits per heavy atom. The molecule has 2 atom stereocenters. The van der Waals surface area contributed by atoms with E-state index < -0.39 is 0 Å². The van der Waals surface area contributed by atoms with Crippen LogP contribution in [0.25, 0.3) is 0 Å². The lowest BCUT2D eigenvalue weighted by Gasteiger charge is -2.61. The molecule has 2 aliphatic carbocycles. The van der Waals surface area contributed by atoms with Crippen LogP contribution >= 0.6 is 0 Å². The highest BCUT2D eigenvalue weighted by molar-refractivity contribution is 5.27. The number of hydrogen-bond acceptors (Lipinski definition) is 2. The molecule has 1 spiro atoms. The molecule has 2 fully saturated rings. The van der Waals surface area contributed by atoms with Crippen molar-refractivity contribution in [3.05, 3.63) is 35.4 Å². The van der Waals surface area contributed by atoms with E-state index >= 15 is 0 Å². The largest absolute Gasteiger partial charge is 0.378 e. The number of hydrogen-bond donors (Lipinski definition) is 1. The van der Waals surface area contributed by atoms with Gasteiger partial charge in [-0.05, 0) is 43.7 Å². The van der Waals surface area contributed by atoms with E-state index in [4.69, 9.17) is 4.74 Å². The summed E-state index contributed by atoms with van der Waals surface area (Å²) in [4.78, 5) is 0. The van der Waals surface area contributed by atoms with Crippen LogP contribution in [-0.2, 0) is 17.7 Å². The van der Waals surface area contributed by atoms with Gasteiger partial charge in [-0.15, -0.1) is 0 Å². The van der Waals surface area contributed by atoms with Crippen LogP contribution in [0.2, 0.25) is 0 Å². The Balaban J connectivity index is 1.59. The van der Waals surface area contributed by atoms with Gasteiger partial charge in [0.05, 0.1) is 6.10 Å². The number of rotatable bonds is 6. The zero-order valence-electron chi connectivity index (χ0n) is 12.8. The summed E-state index contributed by atoms with van der Waals surface area (Å²) in [7, 11) is 0. The van der Waals surface area contributed by atoms with Gasteiger partial charge in [0.25, 0.3) is 0 Å². The zero-order chi connectivity index (χ0) is 14.0. The molecule has 0 saturated heterocycles. The zero-order valence-corrected chi connectivity index (χ0v) is 12.8. The van der Waals surface area contributed by atoms with Crippen LogP contribution in [0.1, 0.15) is 50.7 Å². The molecular weight excluding hydrogens is 246 g/mol. The molecule has 1 N–H and O–H groups in total. The summed E-state index contributed by atoms with van der Waals surface area (Å²) < 4.78 is 5.92. The third-order valence-corrected chi connectivity index (χ3v) is 5.48. The lowest BCUT2D eigenvalue weighted by molar-refractivity contribution is -0.173. The van der Waals surface area contributed by atoms with Crippen LogP contribution in [0.4, 0.5) is 0 Å². The van der Waals surface area contributed by atoms with Crippen molar-refractivity contribution in [3.8, 4) is 0 Å². The van der Waals surface area contributed by atoms with E-state index in [1.165, 1.54) is 36.8 Å². The Hall–Kier alpha value is -0.860. The van der Waals surface area contributed by atoms with E-state index in [9.17, 15) is 0 Å². The van der Waals surface area contributed by atoms with Gasteiger partial charge >= 0.3 is 0 Å². The van der Waals surface area contributed by atoms with Crippen LogP contribution in [0, 0.1) is 5.41 Å². The molecule has 0 radical (unpaired) electrons. The molecule has 1 aromatic carbocycles. The second-order valence-corrected chi connectivity index (χ2v) is 6.32. The summed E-state index contributed by atoms with van der Waals surface area (Å²) in [6.45, 7) is 6.22. The molecule has 0 bridgehead atoms. The quantitative estimate of drug-likeness (QED) is 0.853. The predicted molar refractivity (Wildman–Crippen MR) is 82.8 cm³/mol. The number of benzene rings is 1. The molecular formula is C18H27NO. The molecule has 0 aromatic heterocycles. The van der Waals surface area contributed by atoms with E-state index in [2.05, 4.69) is 43.4 Å². The van der Waals surface area contributed by atoms with E-state index in [1.807, 2.05) is 0 Å². The summed E-state index contributed by atoms with van der Waals surface area (Å²) in [5.41, 5.74) is 3.41. The first-order valence-corrected chi connectivity index (χ1v) is 8.22. The number of nitrogens with one attached hydrogen (secondary N) is 1. The van der Waals surface area contributed by atoms with Gasteiger partial charge in [-0.3, -0.25) is 0 Å². The fourth-order valence-corrected chi connectivity index (χ4v) is 4.03. The minimum absolute atomic E-state index is 0.469. The highest BCUT2D eigenvalue weighted by Gasteiger charge is 2.58. The van der Waals surface area contributed by atoms with Crippen LogP contribution < -0.4 is 5.32 Å². The predicted octanol–water partition coefficient (Wildman–Crippen LogP) is 3.69. The molecule has 0 aliphatic heterocycles. The van der Waals surface area contributed by atoms with Crippen molar-refractivity contribution in [2.45, 2.75) is 64.6 Å². The van der Waals surface area contributed by atoms with Crippen LogP contribution in [0.3, 0.4) is 0 Å². The minimum atomic E-state index is 0.469. The third kappa shape index (κ3) is 2.29. The van der Waals surface area contributed by atoms with E-state index in [0.29, 0.717) is 17.6 Å². The molecule has 2 unspecified atom stereocenters. The normalized spacial score (nSPS) is 27.1. The minimum Gasteiger partial charge on any atom is -0.378 e. The van der Waals surface area contributed by atoms with Crippen LogP contribution in [0.15, 0.2) is 24.3 Å². The second-order valence-electron chi connectivity index (χ2n) is 6.32. The van der Waals surface area contributed by atoms with Crippen LogP contribution in [0.5, 0.6) is 0 Å². The maximum atomic E-state index is 5.92. The molecule has 0 amide bonds. The van der Waals surface area contributed by atoms with Gasteiger partial charge in [-0.2, -0.15) is 0 Å². The molecule has 2 nitrogen and oxygen atoms in total. The lowest BCUT2D eigenvalue weighted by Crippen LogP contribution is -2.66. The highest BCUT2D eigenvalue weighted by Crippen LogP contribution is 2.57. The number of aryl methyl sites for hydroxylation is 1. The van der Waals surface area contributed by atoms with Crippen LogP contribution in [-0.4, -0.2) is 18.8 Å². The van der Waals surface area contributed by atoms with E-state index in [0.717, 1.165) is 19.6 Å². The van der Waals surface area contributed by atoms with Gasteiger partial charge in [0.1, 0.15) is 0 Å².